The van der Waals surface area contributed by atoms with Crippen LogP contribution in [0.5, 0.6) is 23.0 Å². The molecule has 0 bridgehead atoms. The number of hydrogen-bond acceptors (Lipinski definition) is 9. The standard InChI is InChI=1S/C24H24N4O6/c1-5-34-24(30)23-16(11-21-25-12-26-28-21)27-15-10-17(29)19(32-3)9-14(15)22(23)13-6-7-18(31-2)20(8-13)33-4/h6-10,12,29H,5,11H2,1-4H3,(H,25,26,28). The highest BCUT2D eigenvalue weighted by Crippen LogP contribution is 2.41. The predicted molar refractivity (Wildman–Crippen MR) is 124 cm³/mol. The zero-order chi connectivity index (χ0) is 24.2. The number of pyridine rings is 1. The highest BCUT2D eigenvalue weighted by atomic mass is 16.5. The quantitative estimate of drug-likeness (QED) is 0.376. The number of benzene rings is 2. The van der Waals surface area contributed by atoms with E-state index in [2.05, 4.69) is 15.2 Å². The number of carbonyl (C=O) groups excluding carboxylic acids is 1. The predicted octanol–water partition coefficient (Wildman–Crippen LogP) is 3.52. The summed E-state index contributed by atoms with van der Waals surface area (Å²) in [5.41, 5.74) is 2.37. The molecule has 176 valence electrons. The molecular formula is C24H24N4O6. The van der Waals surface area contributed by atoms with Gasteiger partial charge in [-0.3, -0.25) is 10.1 Å². The fourth-order valence-electron chi connectivity index (χ4n) is 3.81. The molecule has 0 spiro atoms. The third-order valence-electron chi connectivity index (χ3n) is 5.31. The zero-order valence-corrected chi connectivity index (χ0v) is 19.2. The molecule has 2 aromatic heterocycles. The van der Waals surface area contributed by atoms with Crippen molar-refractivity contribution in [2.45, 2.75) is 13.3 Å². The van der Waals surface area contributed by atoms with E-state index in [1.165, 1.54) is 26.6 Å². The summed E-state index contributed by atoms with van der Waals surface area (Å²) < 4.78 is 21.6. The summed E-state index contributed by atoms with van der Waals surface area (Å²) in [7, 11) is 4.54. The lowest BCUT2D eigenvalue weighted by Crippen LogP contribution is -2.13. The zero-order valence-electron chi connectivity index (χ0n) is 19.2. The van der Waals surface area contributed by atoms with E-state index in [0.717, 1.165) is 0 Å². The van der Waals surface area contributed by atoms with Crippen LogP contribution in [0.2, 0.25) is 0 Å². The van der Waals surface area contributed by atoms with Crippen LogP contribution in [-0.4, -0.2) is 59.2 Å². The van der Waals surface area contributed by atoms with Crippen LogP contribution >= 0.6 is 0 Å². The number of rotatable bonds is 8. The lowest BCUT2D eigenvalue weighted by Gasteiger charge is -2.18. The molecule has 4 aromatic rings. The highest BCUT2D eigenvalue weighted by molar-refractivity contribution is 6.08. The van der Waals surface area contributed by atoms with Gasteiger partial charge in [-0.05, 0) is 30.7 Å². The van der Waals surface area contributed by atoms with Crippen molar-refractivity contribution in [2.75, 3.05) is 27.9 Å². The third-order valence-corrected chi connectivity index (χ3v) is 5.31. The van der Waals surface area contributed by atoms with Crippen molar-refractivity contribution in [3.8, 4) is 34.1 Å². The third kappa shape index (κ3) is 4.17. The van der Waals surface area contributed by atoms with Crippen LogP contribution in [-0.2, 0) is 11.2 Å². The molecule has 2 aromatic carbocycles. The second kappa shape index (κ2) is 9.65. The molecule has 0 fully saturated rings. The minimum absolute atomic E-state index is 0.0738. The lowest BCUT2D eigenvalue weighted by molar-refractivity contribution is 0.0525. The van der Waals surface area contributed by atoms with Crippen LogP contribution < -0.4 is 14.2 Å². The number of H-pyrrole nitrogens is 1. The maximum Gasteiger partial charge on any atom is 0.340 e. The minimum atomic E-state index is -0.539. The largest absolute Gasteiger partial charge is 0.504 e. The fourth-order valence-corrected chi connectivity index (χ4v) is 3.81. The number of ether oxygens (including phenoxy) is 4. The summed E-state index contributed by atoms with van der Waals surface area (Å²) in [6, 6.07) is 8.48. The van der Waals surface area contributed by atoms with E-state index in [4.69, 9.17) is 23.9 Å². The van der Waals surface area contributed by atoms with Gasteiger partial charge in [0, 0.05) is 17.0 Å². The van der Waals surface area contributed by atoms with Crippen LogP contribution in [0.4, 0.5) is 0 Å². The van der Waals surface area contributed by atoms with Gasteiger partial charge in [0.1, 0.15) is 12.2 Å². The summed E-state index contributed by atoms with van der Waals surface area (Å²) in [5, 5.41) is 17.7. The Labute approximate surface area is 195 Å². The first-order valence-electron chi connectivity index (χ1n) is 10.5. The van der Waals surface area contributed by atoms with Crippen molar-refractivity contribution >= 4 is 16.9 Å². The molecule has 2 N–H and O–H groups in total. The summed E-state index contributed by atoms with van der Waals surface area (Å²) >= 11 is 0. The number of esters is 1. The molecule has 0 radical (unpaired) electrons. The van der Waals surface area contributed by atoms with Crippen LogP contribution in [0.3, 0.4) is 0 Å². The molecule has 0 aliphatic carbocycles. The van der Waals surface area contributed by atoms with Crippen molar-refractivity contribution in [1.82, 2.24) is 20.2 Å². The fraction of sp³-hybridized carbons (Fsp3) is 0.250. The average molecular weight is 464 g/mol. The molecule has 10 heteroatoms. The Hall–Kier alpha value is -4.34. The number of aromatic amines is 1. The van der Waals surface area contributed by atoms with Crippen molar-refractivity contribution in [3.05, 3.63) is 53.7 Å². The highest BCUT2D eigenvalue weighted by Gasteiger charge is 2.26. The normalized spacial score (nSPS) is 10.8. The van der Waals surface area contributed by atoms with Gasteiger partial charge in [-0.25, -0.2) is 9.78 Å². The summed E-state index contributed by atoms with van der Waals surface area (Å²) in [4.78, 5) is 22.1. The number of methoxy groups -OCH3 is 3. The Morgan fingerprint density at radius 2 is 1.79 bits per heavy atom. The van der Waals surface area contributed by atoms with Gasteiger partial charge >= 0.3 is 5.97 Å². The van der Waals surface area contributed by atoms with Gasteiger partial charge in [0.25, 0.3) is 0 Å². The molecule has 2 heterocycles. The Morgan fingerprint density at radius 1 is 1.03 bits per heavy atom. The summed E-state index contributed by atoms with van der Waals surface area (Å²) in [6.45, 7) is 1.92. The molecule has 0 saturated heterocycles. The van der Waals surface area contributed by atoms with Gasteiger partial charge in [-0.15, -0.1) is 0 Å². The van der Waals surface area contributed by atoms with Crippen LogP contribution in [0.1, 0.15) is 28.8 Å². The molecule has 0 saturated carbocycles. The Bertz CT molecular complexity index is 1340. The topological polar surface area (TPSA) is 129 Å². The number of phenolic OH excluding ortho intramolecular Hbond substituents is 1. The number of nitrogens with one attached hydrogen (secondary N) is 1. The monoisotopic (exact) mass is 464 g/mol. The van der Waals surface area contributed by atoms with Crippen molar-refractivity contribution in [2.24, 2.45) is 0 Å². The lowest BCUT2D eigenvalue weighted by atomic mass is 9.92. The maximum absolute atomic E-state index is 13.3. The molecule has 10 nitrogen and oxygen atoms in total. The van der Waals surface area contributed by atoms with E-state index < -0.39 is 5.97 Å². The Kier molecular flexibility index (Phi) is 6.48. The Balaban J connectivity index is 2.10. The first-order valence-corrected chi connectivity index (χ1v) is 10.5. The second-order valence-electron chi connectivity index (χ2n) is 7.25. The van der Waals surface area contributed by atoms with E-state index in [-0.39, 0.29) is 30.1 Å². The van der Waals surface area contributed by atoms with Crippen molar-refractivity contribution < 1.29 is 28.8 Å². The maximum atomic E-state index is 13.3. The number of nitrogens with zero attached hydrogens (tertiary/aromatic N) is 3. The van der Waals surface area contributed by atoms with E-state index >= 15 is 0 Å². The van der Waals surface area contributed by atoms with Crippen molar-refractivity contribution in [1.29, 1.82) is 0 Å². The summed E-state index contributed by atoms with van der Waals surface area (Å²) in [6.07, 6.45) is 1.57. The van der Waals surface area contributed by atoms with Crippen LogP contribution in [0.15, 0.2) is 36.7 Å². The van der Waals surface area contributed by atoms with Gasteiger partial charge in [-0.2, -0.15) is 5.10 Å². The van der Waals surface area contributed by atoms with E-state index in [1.807, 2.05) is 6.07 Å². The molecule has 0 unspecified atom stereocenters. The number of aromatic nitrogens is 4. The van der Waals surface area contributed by atoms with Gasteiger partial charge in [0.2, 0.25) is 0 Å². The van der Waals surface area contributed by atoms with Crippen LogP contribution in [0, 0.1) is 0 Å². The number of phenols is 1. The SMILES string of the molecule is CCOC(=O)c1c(Cc2ncn[nH]2)nc2cc(O)c(OC)cc2c1-c1ccc(OC)c(OC)c1. The first-order chi connectivity index (χ1) is 16.5. The van der Waals surface area contributed by atoms with E-state index in [9.17, 15) is 9.90 Å². The number of fused-ring (bicyclic) bond motifs is 1. The molecule has 34 heavy (non-hydrogen) atoms. The van der Waals surface area contributed by atoms with Gasteiger partial charge in [0.05, 0.1) is 51.1 Å². The smallest absolute Gasteiger partial charge is 0.340 e. The molecule has 0 aliphatic rings. The van der Waals surface area contributed by atoms with Gasteiger partial charge in [-0.1, -0.05) is 6.07 Å². The van der Waals surface area contributed by atoms with E-state index in [1.54, 1.807) is 32.2 Å². The number of aromatic hydroxyl groups is 1. The van der Waals surface area contributed by atoms with Gasteiger partial charge in [0.15, 0.2) is 23.0 Å². The van der Waals surface area contributed by atoms with Crippen LogP contribution in [0.25, 0.3) is 22.0 Å². The molecular weight excluding hydrogens is 440 g/mol. The number of carbonyl (C=O) groups is 1. The molecule has 0 amide bonds. The molecule has 4 rings (SSSR count). The van der Waals surface area contributed by atoms with Crippen molar-refractivity contribution in [3.63, 3.8) is 0 Å². The first kappa shape index (κ1) is 22.8. The average Bonchev–Trinajstić information content (AvgIpc) is 3.35. The molecule has 0 aliphatic heterocycles. The van der Waals surface area contributed by atoms with E-state index in [0.29, 0.717) is 45.0 Å². The number of hydrogen-bond donors (Lipinski definition) is 2. The Morgan fingerprint density at radius 3 is 2.44 bits per heavy atom. The minimum Gasteiger partial charge on any atom is -0.504 e. The molecule has 0 atom stereocenters. The second-order valence-corrected chi connectivity index (χ2v) is 7.25. The van der Waals surface area contributed by atoms with Gasteiger partial charge < -0.3 is 24.1 Å². The summed E-state index contributed by atoms with van der Waals surface area (Å²) in [5.74, 6) is 1.18.